The van der Waals surface area contributed by atoms with Gasteiger partial charge in [-0.3, -0.25) is 0 Å². The molecule has 8 heteroatoms. The quantitative estimate of drug-likeness (QED) is 0.608. The normalized spacial score (nSPS) is 11.4. The average Bonchev–Trinajstić information content (AvgIpc) is 2.77. The molecule has 0 saturated heterocycles. The molecule has 0 N–H and O–H groups in total. The Morgan fingerprint density at radius 3 is 2.82 bits per heavy atom. The Morgan fingerprint density at radius 1 is 1.32 bits per heavy atom. The molecule has 4 nitrogen and oxygen atoms in total. The molecule has 0 fully saturated rings. The molecule has 3 rings (SSSR count). The van der Waals surface area contributed by atoms with Crippen LogP contribution in [0.15, 0.2) is 34.9 Å². The largest absolute Gasteiger partial charge is 0.433 e. The number of ether oxygens (including phenoxy) is 1. The van der Waals surface area contributed by atoms with E-state index in [-0.39, 0.29) is 5.75 Å². The van der Waals surface area contributed by atoms with E-state index in [1.165, 1.54) is 10.7 Å². The average molecular weight is 389 g/mol. The van der Waals surface area contributed by atoms with E-state index in [0.717, 1.165) is 5.39 Å². The van der Waals surface area contributed by atoms with E-state index in [4.69, 9.17) is 11.6 Å². The molecule has 0 amide bonds. The summed E-state index contributed by atoms with van der Waals surface area (Å²) in [6, 6.07) is 6.35. The Bertz CT molecular complexity index is 853. The van der Waals surface area contributed by atoms with Crippen molar-refractivity contribution >= 4 is 38.4 Å². The topological polar surface area (TPSA) is 39.9 Å². The van der Waals surface area contributed by atoms with Crippen molar-refractivity contribution < 1.29 is 13.5 Å². The first-order valence-corrected chi connectivity index (χ1v) is 7.38. The third-order valence-corrected chi connectivity index (χ3v) is 3.78. The molecule has 0 bridgehead atoms. The summed E-state index contributed by atoms with van der Waals surface area (Å²) in [7, 11) is 0. The van der Waals surface area contributed by atoms with Gasteiger partial charge in [-0.2, -0.15) is 13.9 Å². The van der Waals surface area contributed by atoms with Crippen LogP contribution in [-0.2, 0) is 0 Å². The number of aryl methyl sites for hydroxylation is 1. The van der Waals surface area contributed by atoms with Crippen LogP contribution in [0.25, 0.3) is 16.6 Å². The summed E-state index contributed by atoms with van der Waals surface area (Å²) in [5.74, 6) is 0.0236. The van der Waals surface area contributed by atoms with Crippen LogP contribution in [0.3, 0.4) is 0 Å². The molecule has 0 aliphatic rings. The van der Waals surface area contributed by atoms with Crippen LogP contribution < -0.4 is 4.74 Å². The van der Waals surface area contributed by atoms with Gasteiger partial charge in [-0.15, -0.1) is 0 Å². The lowest BCUT2D eigenvalue weighted by atomic mass is 10.2. The Balaban J connectivity index is 2.27. The van der Waals surface area contributed by atoms with Crippen LogP contribution in [0.1, 0.15) is 5.69 Å². The predicted octanol–water partition coefficient (Wildman–Crippen LogP) is 4.75. The SMILES string of the molecule is Cc1nn(-c2cc(Br)ccc2OC(F)F)c2cc(Cl)ncc12. The molecule has 22 heavy (non-hydrogen) atoms. The molecular formula is C14H9BrClF2N3O. The second-order valence-electron chi connectivity index (χ2n) is 4.51. The number of rotatable bonds is 3. The highest BCUT2D eigenvalue weighted by Crippen LogP contribution is 2.31. The molecule has 0 unspecified atom stereocenters. The van der Waals surface area contributed by atoms with Gasteiger partial charge < -0.3 is 4.74 Å². The van der Waals surface area contributed by atoms with Crippen LogP contribution >= 0.6 is 27.5 Å². The van der Waals surface area contributed by atoms with E-state index < -0.39 is 6.61 Å². The minimum absolute atomic E-state index is 0.0236. The lowest BCUT2D eigenvalue weighted by Crippen LogP contribution is -2.07. The molecule has 0 spiro atoms. The molecule has 0 radical (unpaired) electrons. The number of hydrogen-bond donors (Lipinski definition) is 0. The van der Waals surface area contributed by atoms with Gasteiger partial charge in [0.25, 0.3) is 0 Å². The lowest BCUT2D eigenvalue weighted by Gasteiger charge is -2.12. The van der Waals surface area contributed by atoms with Gasteiger partial charge in [0, 0.05) is 22.1 Å². The first kappa shape index (κ1) is 15.2. The molecule has 0 saturated carbocycles. The zero-order valence-corrected chi connectivity index (χ0v) is 13.6. The van der Waals surface area contributed by atoms with Gasteiger partial charge in [-0.1, -0.05) is 27.5 Å². The minimum atomic E-state index is -2.92. The number of pyridine rings is 1. The van der Waals surface area contributed by atoms with Crippen LogP contribution in [0.5, 0.6) is 5.75 Å². The number of benzene rings is 1. The van der Waals surface area contributed by atoms with Crippen molar-refractivity contribution in [3.63, 3.8) is 0 Å². The fraction of sp³-hybridized carbons (Fsp3) is 0.143. The maximum atomic E-state index is 12.6. The van der Waals surface area contributed by atoms with E-state index in [1.807, 2.05) is 0 Å². The molecule has 114 valence electrons. The van der Waals surface area contributed by atoms with Gasteiger partial charge in [0.2, 0.25) is 0 Å². The van der Waals surface area contributed by atoms with Crippen molar-refractivity contribution in [3.8, 4) is 11.4 Å². The van der Waals surface area contributed by atoms with Crippen LogP contribution in [0.2, 0.25) is 5.15 Å². The van der Waals surface area contributed by atoms with Gasteiger partial charge >= 0.3 is 6.61 Å². The predicted molar refractivity (Wildman–Crippen MR) is 82.9 cm³/mol. The molecule has 1 aromatic carbocycles. The molecular weight excluding hydrogens is 380 g/mol. The van der Waals surface area contributed by atoms with Crippen molar-refractivity contribution in [1.82, 2.24) is 14.8 Å². The number of halogens is 4. The van der Waals surface area contributed by atoms with Crippen molar-refractivity contribution in [2.24, 2.45) is 0 Å². The standard InChI is InChI=1S/C14H9BrClF2N3O/c1-7-9-6-19-13(16)5-10(9)21(20-7)11-4-8(15)2-3-12(11)22-14(17)18/h2-6,14H,1H3. The Labute approximate surface area is 137 Å². The van der Waals surface area contributed by atoms with Crippen LogP contribution in [0.4, 0.5) is 8.78 Å². The zero-order valence-electron chi connectivity index (χ0n) is 11.2. The summed E-state index contributed by atoms with van der Waals surface area (Å²) in [4.78, 5) is 4.02. The first-order chi connectivity index (χ1) is 10.5. The number of hydrogen-bond acceptors (Lipinski definition) is 3. The fourth-order valence-corrected chi connectivity index (χ4v) is 2.67. The second kappa shape index (κ2) is 5.81. The highest BCUT2D eigenvalue weighted by molar-refractivity contribution is 9.10. The van der Waals surface area contributed by atoms with E-state index in [2.05, 4.69) is 30.7 Å². The highest BCUT2D eigenvalue weighted by Gasteiger charge is 2.16. The molecule has 2 heterocycles. The summed E-state index contributed by atoms with van der Waals surface area (Å²) >= 11 is 9.25. The smallest absolute Gasteiger partial charge is 0.387 e. The number of aromatic nitrogens is 3. The summed E-state index contributed by atoms with van der Waals surface area (Å²) in [6.07, 6.45) is 1.60. The Hall–Kier alpha value is -1.73. The van der Waals surface area contributed by atoms with E-state index in [1.54, 1.807) is 31.3 Å². The third-order valence-electron chi connectivity index (χ3n) is 3.08. The van der Waals surface area contributed by atoms with E-state index in [0.29, 0.717) is 26.5 Å². The van der Waals surface area contributed by atoms with Gasteiger partial charge in [0.1, 0.15) is 10.8 Å². The Kier molecular flexibility index (Phi) is 4.01. The summed E-state index contributed by atoms with van der Waals surface area (Å²) in [6.45, 7) is -1.12. The van der Waals surface area contributed by atoms with Gasteiger partial charge in [-0.05, 0) is 25.1 Å². The van der Waals surface area contributed by atoms with Gasteiger partial charge in [0.05, 0.1) is 11.2 Å². The molecule has 0 aliphatic carbocycles. The lowest BCUT2D eigenvalue weighted by molar-refractivity contribution is -0.0498. The minimum Gasteiger partial charge on any atom is -0.433 e. The first-order valence-electron chi connectivity index (χ1n) is 6.21. The van der Waals surface area contributed by atoms with Crippen molar-refractivity contribution in [2.75, 3.05) is 0 Å². The summed E-state index contributed by atoms with van der Waals surface area (Å²) in [5, 5.41) is 5.46. The van der Waals surface area contributed by atoms with E-state index >= 15 is 0 Å². The summed E-state index contributed by atoms with van der Waals surface area (Å²) < 4.78 is 32.0. The van der Waals surface area contributed by atoms with Crippen molar-refractivity contribution in [3.05, 3.63) is 45.8 Å². The Morgan fingerprint density at radius 2 is 2.09 bits per heavy atom. The van der Waals surface area contributed by atoms with Crippen molar-refractivity contribution in [1.29, 1.82) is 0 Å². The number of alkyl halides is 2. The van der Waals surface area contributed by atoms with Crippen molar-refractivity contribution in [2.45, 2.75) is 13.5 Å². The monoisotopic (exact) mass is 387 g/mol. The number of nitrogens with zero attached hydrogens (tertiary/aromatic N) is 3. The zero-order chi connectivity index (χ0) is 15.9. The molecule has 0 atom stereocenters. The maximum Gasteiger partial charge on any atom is 0.387 e. The van der Waals surface area contributed by atoms with Crippen LogP contribution in [-0.4, -0.2) is 21.4 Å². The molecule has 2 aromatic heterocycles. The van der Waals surface area contributed by atoms with E-state index in [9.17, 15) is 8.78 Å². The molecule has 3 aromatic rings. The number of fused-ring (bicyclic) bond motifs is 1. The fourth-order valence-electron chi connectivity index (χ4n) is 2.17. The third kappa shape index (κ3) is 2.78. The highest BCUT2D eigenvalue weighted by atomic mass is 79.9. The maximum absolute atomic E-state index is 12.6. The van der Waals surface area contributed by atoms with Gasteiger partial charge in [0.15, 0.2) is 5.75 Å². The summed E-state index contributed by atoms with van der Waals surface area (Å²) in [5.41, 5.74) is 1.76. The van der Waals surface area contributed by atoms with Gasteiger partial charge in [-0.25, -0.2) is 9.67 Å². The van der Waals surface area contributed by atoms with Crippen LogP contribution in [0, 0.1) is 6.92 Å². The molecule has 0 aliphatic heterocycles. The second-order valence-corrected chi connectivity index (χ2v) is 5.81.